The van der Waals surface area contributed by atoms with Gasteiger partial charge in [0.25, 0.3) is 0 Å². The molecule has 84 valence electrons. The van der Waals surface area contributed by atoms with Crippen LogP contribution in [0.3, 0.4) is 0 Å². The number of H-pyrrole nitrogens is 1. The molecule has 0 fully saturated rings. The van der Waals surface area contributed by atoms with E-state index in [1.807, 2.05) is 0 Å². The molecular formula is C9H9F2N5. The van der Waals surface area contributed by atoms with E-state index in [1.165, 1.54) is 6.07 Å². The second kappa shape index (κ2) is 4.75. The van der Waals surface area contributed by atoms with E-state index in [4.69, 9.17) is 0 Å². The van der Waals surface area contributed by atoms with Gasteiger partial charge in [-0.15, -0.1) is 10.2 Å². The zero-order valence-corrected chi connectivity index (χ0v) is 8.24. The fourth-order valence-corrected chi connectivity index (χ4v) is 1.23. The van der Waals surface area contributed by atoms with Crippen LogP contribution in [-0.2, 0) is 13.1 Å². The molecular weight excluding hydrogens is 216 g/mol. The summed E-state index contributed by atoms with van der Waals surface area (Å²) in [5.74, 6) is -1.18. The third-order valence-electron chi connectivity index (χ3n) is 1.99. The summed E-state index contributed by atoms with van der Waals surface area (Å²) < 4.78 is 25.5. The van der Waals surface area contributed by atoms with Crippen molar-refractivity contribution >= 4 is 0 Å². The molecule has 0 spiro atoms. The third-order valence-corrected chi connectivity index (χ3v) is 1.99. The van der Waals surface area contributed by atoms with Crippen LogP contribution in [0.2, 0.25) is 0 Å². The third kappa shape index (κ3) is 2.57. The van der Waals surface area contributed by atoms with Crippen LogP contribution in [-0.4, -0.2) is 20.6 Å². The lowest BCUT2D eigenvalue weighted by Gasteiger charge is -2.02. The Morgan fingerprint density at radius 2 is 2.06 bits per heavy atom. The minimum absolute atomic E-state index is 0.408. The van der Waals surface area contributed by atoms with Crippen LogP contribution in [0.15, 0.2) is 18.2 Å². The van der Waals surface area contributed by atoms with Crippen molar-refractivity contribution in [3.05, 3.63) is 41.2 Å². The van der Waals surface area contributed by atoms with E-state index in [2.05, 4.69) is 25.9 Å². The molecule has 0 atom stereocenters. The van der Waals surface area contributed by atoms with Gasteiger partial charge < -0.3 is 5.32 Å². The number of rotatable bonds is 4. The summed E-state index contributed by atoms with van der Waals surface area (Å²) in [5, 5.41) is 16.1. The molecule has 1 aromatic carbocycles. The molecule has 0 saturated heterocycles. The van der Waals surface area contributed by atoms with Crippen molar-refractivity contribution in [2.24, 2.45) is 0 Å². The van der Waals surface area contributed by atoms with E-state index in [1.54, 1.807) is 0 Å². The smallest absolute Gasteiger partial charge is 0.188 e. The molecule has 0 radical (unpaired) electrons. The zero-order chi connectivity index (χ0) is 11.4. The van der Waals surface area contributed by atoms with Crippen LogP contribution in [0.5, 0.6) is 0 Å². The van der Waals surface area contributed by atoms with Crippen molar-refractivity contribution in [1.82, 2.24) is 25.9 Å². The first-order valence-electron chi connectivity index (χ1n) is 4.62. The molecule has 0 bridgehead atoms. The summed E-state index contributed by atoms with van der Waals surface area (Å²) in [4.78, 5) is 0. The second-order valence-corrected chi connectivity index (χ2v) is 3.18. The first-order valence-corrected chi connectivity index (χ1v) is 4.62. The Hall–Kier alpha value is -1.89. The van der Waals surface area contributed by atoms with Crippen molar-refractivity contribution in [3.63, 3.8) is 0 Å². The highest BCUT2D eigenvalue weighted by atomic mass is 19.2. The van der Waals surface area contributed by atoms with Crippen LogP contribution in [0.4, 0.5) is 8.78 Å². The molecule has 0 aliphatic heterocycles. The topological polar surface area (TPSA) is 66.5 Å². The van der Waals surface area contributed by atoms with Crippen LogP contribution >= 0.6 is 0 Å². The minimum Gasteiger partial charge on any atom is -0.306 e. The standard InChI is InChI=1S/C9H9F2N5/c10-7-2-1-6(3-8(7)11)4-12-5-9-13-15-16-14-9/h1-3,12H,4-5H2,(H,13,14,15,16). The Balaban J connectivity index is 1.87. The minimum atomic E-state index is -0.848. The number of nitrogens with one attached hydrogen (secondary N) is 2. The summed E-state index contributed by atoms with van der Waals surface area (Å²) >= 11 is 0. The van der Waals surface area contributed by atoms with Crippen molar-refractivity contribution in [1.29, 1.82) is 0 Å². The summed E-state index contributed by atoms with van der Waals surface area (Å²) in [7, 11) is 0. The fraction of sp³-hybridized carbons (Fsp3) is 0.222. The van der Waals surface area contributed by atoms with Crippen molar-refractivity contribution in [2.45, 2.75) is 13.1 Å². The van der Waals surface area contributed by atoms with Gasteiger partial charge in [0.05, 0.1) is 6.54 Å². The van der Waals surface area contributed by atoms with E-state index < -0.39 is 11.6 Å². The van der Waals surface area contributed by atoms with Gasteiger partial charge in [-0.2, -0.15) is 5.21 Å². The van der Waals surface area contributed by atoms with Crippen molar-refractivity contribution in [2.75, 3.05) is 0 Å². The lowest BCUT2D eigenvalue weighted by Crippen LogP contribution is -2.14. The van der Waals surface area contributed by atoms with Crippen molar-refractivity contribution in [3.8, 4) is 0 Å². The van der Waals surface area contributed by atoms with Gasteiger partial charge in [-0.25, -0.2) is 8.78 Å². The highest BCUT2D eigenvalue weighted by Gasteiger charge is 2.02. The van der Waals surface area contributed by atoms with E-state index in [0.717, 1.165) is 12.1 Å². The Kier molecular flexibility index (Phi) is 3.16. The van der Waals surface area contributed by atoms with Gasteiger partial charge in [0, 0.05) is 6.54 Å². The lowest BCUT2D eigenvalue weighted by atomic mass is 10.2. The van der Waals surface area contributed by atoms with Crippen LogP contribution < -0.4 is 5.32 Å². The van der Waals surface area contributed by atoms with Crippen LogP contribution in [0.25, 0.3) is 0 Å². The molecule has 7 heteroatoms. The van der Waals surface area contributed by atoms with Gasteiger partial charge in [-0.3, -0.25) is 0 Å². The Morgan fingerprint density at radius 1 is 1.19 bits per heavy atom. The van der Waals surface area contributed by atoms with Gasteiger partial charge in [0.15, 0.2) is 17.5 Å². The van der Waals surface area contributed by atoms with E-state index in [0.29, 0.717) is 24.5 Å². The number of benzene rings is 1. The molecule has 0 aliphatic carbocycles. The molecule has 2 N–H and O–H groups in total. The fourth-order valence-electron chi connectivity index (χ4n) is 1.23. The molecule has 1 aromatic heterocycles. The summed E-state index contributed by atoms with van der Waals surface area (Å²) in [6.07, 6.45) is 0. The SMILES string of the molecule is Fc1ccc(CNCc2nn[nH]n2)cc1F. The number of halogens is 2. The normalized spacial score (nSPS) is 10.6. The predicted molar refractivity (Wildman–Crippen MR) is 51.1 cm³/mol. The molecule has 2 aromatic rings. The molecule has 0 saturated carbocycles. The van der Waals surface area contributed by atoms with Crippen LogP contribution in [0, 0.1) is 11.6 Å². The Bertz CT molecular complexity index is 457. The molecule has 16 heavy (non-hydrogen) atoms. The Morgan fingerprint density at radius 3 is 2.75 bits per heavy atom. The average Bonchev–Trinajstić information content (AvgIpc) is 2.76. The summed E-state index contributed by atoms with van der Waals surface area (Å²) in [6, 6.07) is 3.76. The maximum absolute atomic E-state index is 12.8. The van der Waals surface area contributed by atoms with E-state index >= 15 is 0 Å². The maximum Gasteiger partial charge on any atom is 0.188 e. The molecule has 5 nitrogen and oxygen atoms in total. The molecule has 1 heterocycles. The highest BCUT2D eigenvalue weighted by Crippen LogP contribution is 2.08. The number of nitrogens with zero attached hydrogens (tertiary/aromatic N) is 3. The summed E-state index contributed by atoms with van der Waals surface area (Å²) in [5.41, 5.74) is 0.655. The van der Waals surface area contributed by atoms with Gasteiger partial charge in [-0.05, 0) is 17.7 Å². The number of hydrogen-bond donors (Lipinski definition) is 2. The van der Waals surface area contributed by atoms with Gasteiger partial charge >= 0.3 is 0 Å². The zero-order valence-electron chi connectivity index (χ0n) is 8.24. The largest absolute Gasteiger partial charge is 0.306 e. The van der Waals surface area contributed by atoms with E-state index in [-0.39, 0.29) is 0 Å². The molecule has 2 rings (SSSR count). The van der Waals surface area contributed by atoms with E-state index in [9.17, 15) is 8.78 Å². The first kappa shape index (κ1) is 10.6. The van der Waals surface area contributed by atoms with Gasteiger partial charge in [0.1, 0.15) is 0 Å². The number of aromatic nitrogens is 4. The number of tetrazole rings is 1. The van der Waals surface area contributed by atoms with Gasteiger partial charge in [0.2, 0.25) is 0 Å². The average molecular weight is 225 g/mol. The van der Waals surface area contributed by atoms with Gasteiger partial charge in [-0.1, -0.05) is 11.3 Å². The van der Waals surface area contributed by atoms with Crippen molar-refractivity contribution < 1.29 is 8.78 Å². The first-order chi connectivity index (χ1) is 7.75. The summed E-state index contributed by atoms with van der Waals surface area (Å²) in [6.45, 7) is 0.821. The molecule has 0 unspecified atom stereocenters. The highest BCUT2D eigenvalue weighted by molar-refractivity contribution is 5.17. The molecule has 0 aliphatic rings. The second-order valence-electron chi connectivity index (χ2n) is 3.18. The lowest BCUT2D eigenvalue weighted by molar-refractivity contribution is 0.506. The molecule has 0 amide bonds. The predicted octanol–water partition coefficient (Wildman–Crippen LogP) is 0.768. The maximum atomic E-state index is 12.8. The van der Waals surface area contributed by atoms with Crippen LogP contribution in [0.1, 0.15) is 11.4 Å². The monoisotopic (exact) mass is 225 g/mol. The Labute approximate surface area is 89.9 Å². The number of aromatic amines is 1. The number of hydrogen-bond acceptors (Lipinski definition) is 4. The quantitative estimate of drug-likeness (QED) is 0.806.